The molecule has 0 bridgehead atoms. The van der Waals surface area contributed by atoms with Crippen LogP contribution in [0.15, 0.2) is 57.9 Å². The lowest BCUT2D eigenvalue weighted by atomic mass is 9.87. The van der Waals surface area contributed by atoms with Crippen LogP contribution in [0.4, 0.5) is 0 Å². The molecule has 2 aromatic carbocycles. The van der Waals surface area contributed by atoms with Crippen molar-refractivity contribution in [3.63, 3.8) is 0 Å². The van der Waals surface area contributed by atoms with Crippen molar-refractivity contribution in [1.82, 2.24) is 0 Å². The van der Waals surface area contributed by atoms with Gasteiger partial charge in [0, 0.05) is 6.07 Å². The van der Waals surface area contributed by atoms with Crippen molar-refractivity contribution >= 4 is 16.9 Å². The first kappa shape index (κ1) is 21.4. The quantitative estimate of drug-likeness (QED) is 0.519. The Balaban J connectivity index is 1.76. The molecule has 0 fully saturated rings. The van der Waals surface area contributed by atoms with Crippen LogP contribution >= 0.6 is 0 Å². The molecule has 30 heavy (non-hydrogen) atoms. The molecule has 0 N–H and O–H groups in total. The molecule has 1 heterocycles. The Morgan fingerprint density at radius 2 is 1.70 bits per heavy atom. The molecule has 3 rings (SSSR count). The second-order valence-corrected chi connectivity index (χ2v) is 8.29. The highest BCUT2D eigenvalue weighted by Crippen LogP contribution is 2.27. The number of esters is 1. The molecule has 3 aromatic rings. The Bertz CT molecular complexity index is 1090. The molecule has 1 aromatic heterocycles. The van der Waals surface area contributed by atoms with E-state index in [4.69, 9.17) is 18.6 Å². The Morgan fingerprint density at radius 3 is 2.33 bits per heavy atom. The van der Waals surface area contributed by atoms with E-state index >= 15 is 0 Å². The summed E-state index contributed by atoms with van der Waals surface area (Å²) in [5.74, 6) is 0.587. The zero-order valence-electron chi connectivity index (χ0n) is 17.9. The molecular formula is C24H26O6. The number of rotatable bonds is 6. The number of carbonyl (C=O) groups is 1. The third-order valence-corrected chi connectivity index (χ3v) is 4.39. The van der Waals surface area contributed by atoms with Crippen molar-refractivity contribution in [2.45, 2.75) is 46.1 Å². The van der Waals surface area contributed by atoms with Gasteiger partial charge in [-0.05, 0) is 49.1 Å². The van der Waals surface area contributed by atoms with Gasteiger partial charge in [-0.15, -0.1) is 0 Å². The number of hydrogen-bond donors (Lipinski definition) is 0. The van der Waals surface area contributed by atoms with E-state index in [1.165, 1.54) is 11.8 Å². The van der Waals surface area contributed by atoms with Gasteiger partial charge in [0.25, 0.3) is 0 Å². The molecule has 0 unspecified atom stereocenters. The largest absolute Gasteiger partial charge is 0.482 e. The summed E-state index contributed by atoms with van der Waals surface area (Å²) in [5, 5.41) is 0.357. The highest BCUT2D eigenvalue weighted by Gasteiger charge is 2.15. The number of fused-ring (bicyclic) bond motifs is 1. The summed E-state index contributed by atoms with van der Waals surface area (Å²) in [4.78, 5) is 24.4. The Morgan fingerprint density at radius 1 is 1.03 bits per heavy atom. The van der Waals surface area contributed by atoms with E-state index in [1.54, 1.807) is 32.0 Å². The average Bonchev–Trinajstić information content (AvgIpc) is 2.68. The summed E-state index contributed by atoms with van der Waals surface area (Å²) >= 11 is 0. The van der Waals surface area contributed by atoms with Crippen LogP contribution in [0.3, 0.4) is 0 Å². The molecular weight excluding hydrogens is 384 g/mol. The van der Waals surface area contributed by atoms with Crippen molar-refractivity contribution in [3.05, 3.63) is 64.5 Å². The molecule has 0 aliphatic rings. The second kappa shape index (κ2) is 8.61. The van der Waals surface area contributed by atoms with Gasteiger partial charge in [0.2, 0.25) is 11.2 Å². The number of hydrogen-bond acceptors (Lipinski definition) is 6. The molecule has 0 radical (unpaired) electrons. The topological polar surface area (TPSA) is 75.0 Å². The van der Waals surface area contributed by atoms with E-state index in [0.717, 1.165) is 0 Å². The first-order chi connectivity index (χ1) is 14.1. The maximum absolute atomic E-state index is 12.8. The summed E-state index contributed by atoms with van der Waals surface area (Å²) in [6.07, 6.45) is 1.07. The van der Waals surface area contributed by atoms with Gasteiger partial charge in [0.05, 0.1) is 11.5 Å². The maximum atomic E-state index is 12.8. The smallest absolute Gasteiger partial charge is 0.344 e. The third kappa shape index (κ3) is 5.20. The molecule has 158 valence electrons. The predicted octanol–water partition coefficient (Wildman–Crippen LogP) is 5.21. The summed E-state index contributed by atoms with van der Waals surface area (Å²) in [6, 6.07) is 12.4. The van der Waals surface area contributed by atoms with Gasteiger partial charge in [0.15, 0.2) is 6.61 Å². The van der Waals surface area contributed by atoms with Crippen molar-refractivity contribution in [1.29, 1.82) is 0 Å². The van der Waals surface area contributed by atoms with Gasteiger partial charge >= 0.3 is 5.97 Å². The molecule has 0 aliphatic carbocycles. The molecule has 6 nitrogen and oxygen atoms in total. The lowest BCUT2D eigenvalue weighted by Gasteiger charge is -2.19. The van der Waals surface area contributed by atoms with E-state index in [1.807, 2.05) is 24.3 Å². The summed E-state index contributed by atoms with van der Waals surface area (Å²) in [7, 11) is 0. The van der Waals surface area contributed by atoms with E-state index in [0.29, 0.717) is 22.5 Å². The Labute approximate surface area is 175 Å². The van der Waals surface area contributed by atoms with Crippen LogP contribution in [0.25, 0.3) is 11.0 Å². The molecule has 0 spiro atoms. The fourth-order valence-corrected chi connectivity index (χ4v) is 2.84. The van der Waals surface area contributed by atoms with E-state index in [2.05, 4.69) is 20.8 Å². The highest BCUT2D eigenvalue weighted by molar-refractivity contribution is 5.79. The summed E-state index contributed by atoms with van der Waals surface area (Å²) < 4.78 is 21.7. The number of ether oxygens (including phenoxy) is 3. The minimum atomic E-state index is -0.465. The summed E-state index contributed by atoms with van der Waals surface area (Å²) in [5.41, 5.74) is 1.25. The maximum Gasteiger partial charge on any atom is 0.344 e. The van der Waals surface area contributed by atoms with Crippen LogP contribution in [0.2, 0.25) is 0 Å². The van der Waals surface area contributed by atoms with E-state index in [-0.39, 0.29) is 29.3 Å². The van der Waals surface area contributed by atoms with Gasteiger partial charge in [-0.25, -0.2) is 4.79 Å². The van der Waals surface area contributed by atoms with Crippen LogP contribution in [-0.4, -0.2) is 18.7 Å². The molecule has 0 amide bonds. The third-order valence-electron chi connectivity index (χ3n) is 4.39. The molecule has 0 aliphatic heterocycles. The van der Waals surface area contributed by atoms with Gasteiger partial charge in [-0.2, -0.15) is 0 Å². The molecule has 6 heteroatoms. The second-order valence-electron chi connectivity index (χ2n) is 8.29. The van der Waals surface area contributed by atoms with E-state index < -0.39 is 5.97 Å². The van der Waals surface area contributed by atoms with E-state index in [9.17, 15) is 9.59 Å². The lowest BCUT2D eigenvalue weighted by molar-refractivity contribution is -0.149. The first-order valence-electron chi connectivity index (χ1n) is 9.80. The van der Waals surface area contributed by atoms with Crippen LogP contribution in [0, 0.1) is 0 Å². The minimum Gasteiger partial charge on any atom is -0.482 e. The van der Waals surface area contributed by atoms with Crippen molar-refractivity contribution in [3.8, 4) is 17.2 Å². The fraction of sp³-hybridized carbons (Fsp3) is 0.333. The number of carbonyl (C=O) groups excluding carboxylic acids is 1. The van der Waals surface area contributed by atoms with Gasteiger partial charge in [-0.1, -0.05) is 32.9 Å². The zero-order valence-corrected chi connectivity index (χ0v) is 17.9. The van der Waals surface area contributed by atoms with Gasteiger partial charge in [0.1, 0.15) is 23.3 Å². The van der Waals surface area contributed by atoms with Crippen LogP contribution in [0.5, 0.6) is 17.2 Å². The van der Waals surface area contributed by atoms with Crippen molar-refractivity contribution < 1.29 is 23.4 Å². The van der Waals surface area contributed by atoms with Gasteiger partial charge < -0.3 is 18.6 Å². The summed E-state index contributed by atoms with van der Waals surface area (Å²) in [6.45, 7) is 9.70. The lowest BCUT2D eigenvalue weighted by Crippen LogP contribution is -2.18. The number of benzene rings is 2. The Hall–Kier alpha value is -3.28. The first-order valence-corrected chi connectivity index (χ1v) is 9.80. The SMILES string of the molecule is CC(C)OC(=O)COc1ccc2c(=O)c(Oc3ccc(C(C)(C)C)cc3)coc2c1. The predicted molar refractivity (Wildman–Crippen MR) is 114 cm³/mol. The molecule has 0 saturated heterocycles. The zero-order chi connectivity index (χ0) is 21.9. The average molecular weight is 410 g/mol. The highest BCUT2D eigenvalue weighted by atomic mass is 16.6. The monoisotopic (exact) mass is 410 g/mol. The molecule has 0 saturated carbocycles. The Kier molecular flexibility index (Phi) is 6.15. The van der Waals surface area contributed by atoms with Gasteiger partial charge in [-0.3, -0.25) is 4.79 Å². The normalized spacial score (nSPS) is 11.5. The fourth-order valence-electron chi connectivity index (χ4n) is 2.84. The minimum absolute atomic E-state index is 0.0335. The van der Waals surface area contributed by atoms with Crippen LogP contribution in [0.1, 0.15) is 40.2 Å². The van der Waals surface area contributed by atoms with Crippen molar-refractivity contribution in [2.24, 2.45) is 0 Å². The standard InChI is InChI=1S/C24H26O6/c1-15(2)29-22(25)14-27-18-10-11-19-20(12-18)28-13-21(23(19)26)30-17-8-6-16(7-9-17)24(3,4)5/h6-13,15H,14H2,1-5H3. The van der Waals surface area contributed by atoms with Crippen LogP contribution < -0.4 is 14.9 Å². The van der Waals surface area contributed by atoms with Crippen LogP contribution in [-0.2, 0) is 14.9 Å². The van der Waals surface area contributed by atoms with Crippen molar-refractivity contribution in [2.75, 3.05) is 6.61 Å². The molecule has 0 atom stereocenters.